The summed E-state index contributed by atoms with van der Waals surface area (Å²) in [6.07, 6.45) is 1.70. The summed E-state index contributed by atoms with van der Waals surface area (Å²) in [5.74, 6) is -0.0400. The minimum atomic E-state index is -0.394. The van der Waals surface area contributed by atoms with E-state index in [0.717, 1.165) is 11.8 Å². The molecule has 1 heterocycles. The van der Waals surface area contributed by atoms with Gasteiger partial charge >= 0.3 is 0 Å². The van der Waals surface area contributed by atoms with Gasteiger partial charge in [-0.1, -0.05) is 42.2 Å². The number of hydrogen-bond donors (Lipinski definition) is 1. The van der Waals surface area contributed by atoms with Crippen LogP contribution in [0.4, 0.5) is 15.8 Å². The number of rotatable bonds is 6. The van der Waals surface area contributed by atoms with Crippen LogP contribution in [0, 0.1) is 5.82 Å². The molecule has 0 aliphatic carbocycles. The maximum absolute atomic E-state index is 13.2. The molecule has 0 radical (unpaired) electrons. The van der Waals surface area contributed by atoms with Crippen LogP contribution in [0.1, 0.15) is 15.9 Å². The fourth-order valence-corrected chi connectivity index (χ4v) is 4.67. The number of carbonyl (C=O) groups is 2. The Balaban J connectivity index is 1.59. The number of hydrogen-bond acceptors (Lipinski definition) is 6. The molecule has 3 aromatic rings. The van der Waals surface area contributed by atoms with E-state index in [1.165, 1.54) is 36.3 Å². The molecule has 1 N–H and O–H groups in total. The van der Waals surface area contributed by atoms with E-state index in [1.807, 2.05) is 6.07 Å². The van der Waals surface area contributed by atoms with Gasteiger partial charge in [-0.15, -0.1) is 0 Å². The lowest BCUT2D eigenvalue weighted by atomic mass is 10.1. The molecule has 9 heteroatoms. The molecule has 1 aliphatic rings. The van der Waals surface area contributed by atoms with Gasteiger partial charge in [-0.25, -0.2) is 4.39 Å². The number of nitrogens with zero attached hydrogens (tertiary/aromatic N) is 1. The smallest absolute Gasteiger partial charge is 0.270 e. The molecule has 2 amide bonds. The molecule has 1 saturated heterocycles. The highest BCUT2D eigenvalue weighted by Crippen LogP contribution is 2.39. The molecule has 1 aliphatic heterocycles. The minimum Gasteiger partial charge on any atom is -0.493 e. The Morgan fingerprint density at radius 1 is 1.06 bits per heavy atom. The summed E-state index contributed by atoms with van der Waals surface area (Å²) in [7, 11) is 3.07. The Morgan fingerprint density at radius 2 is 1.79 bits per heavy atom. The van der Waals surface area contributed by atoms with Crippen LogP contribution < -0.4 is 19.7 Å². The van der Waals surface area contributed by atoms with Gasteiger partial charge in [0.05, 0.1) is 24.8 Å². The highest BCUT2D eigenvalue weighted by atomic mass is 32.2. The van der Waals surface area contributed by atoms with Crippen molar-refractivity contribution < 1.29 is 23.5 Å². The Bertz CT molecular complexity index is 1310. The quantitative estimate of drug-likeness (QED) is 0.361. The standard InChI is InChI=1S/C25H19FN2O4S2/c1-31-20-8-4-5-15(22(20)32-2)14-21-24(30)28(25(33)34-21)19-7-3-6-16(13-19)23(29)27-18-11-9-17(26)10-12-18/h3-14H,1-2H3,(H,27,29)/b21-14+. The van der Waals surface area contributed by atoms with Gasteiger partial charge < -0.3 is 14.8 Å². The van der Waals surface area contributed by atoms with Gasteiger partial charge in [-0.2, -0.15) is 0 Å². The molecule has 0 spiro atoms. The van der Waals surface area contributed by atoms with Gasteiger partial charge in [0.2, 0.25) is 0 Å². The first kappa shape index (κ1) is 23.5. The van der Waals surface area contributed by atoms with Crippen LogP contribution >= 0.6 is 24.0 Å². The summed E-state index contributed by atoms with van der Waals surface area (Å²) >= 11 is 6.62. The number of methoxy groups -OCH3 is 2. The van der Waals surface area contributed by atoms with E-state index in [0.29, 0.717) is 43.2 Å². The number of ether oxygens (including phenoxy) is 2. The number of amides is 2. The molecule has 0 bridgehead atoms. The number of para-hydroxylation sites is 1. The topological polar surface area (TPSA) is 67.9 Å². The van der Waals surface area contributed by atoms with Crippen molar-refractivity contribution in [3.05, 3.63) is 88.6 Å². The lowest BCUT2D eigenvalue weighted by molar-refractivity contribution is -0.113. The summed E-state index contributed by atoms with van der Waals surface area (Å²) in [5.41, 5.74) is 1.93. The first-order valence-corrected chi connectivity index (χ1v) is 11.3. The van der Waals surface area contributed by atoms with E-state index in [2.05, 4.69) is 5.32 Å². The monoisotopic (exact) mass is 494 g/mol. The molecule has 4 rings (SSSR count). The predicted molar refractivity (Wildman–Crippen MR) is 136 cm³/mol. The zero-order valence-electron chi connectivity index (χ0n) is 18.2. The van der Waals surface area contributed by atoms with Crippen LogP contribution in [0.5, 0.6) is 11.5 Å². The molecule has 0 saturated carbocycles. The van der Waals surface area contributed by atoms with Crippen molar-refractivity contribution in [2.45, 2.75) is 0 Å². The SMILES string of the molecule is COc1cccc(/C=C2/SC(=S)N(c3cccc(C(=O)Nc4ccc(F)cc4)c3)C2=O)c1OC. The minimum absolute atomic E-state index is 0.309. The van der Waals surface area contributed by atoms with E-state index in [-0.39, 0.29) is 5.91 Å². The van der Waals surface area contributed by atoms with Crippen molar-refractivity contribution in [2.24, 2.45) is 0 Å². The lowest BCUT2D eigenvalue weighted by Gasteiger charge is -2.15. The molecule has 1 fully saturated rings. The highest BCUT2D eigenvalue weighted by Gasteiger charge is 2.34. The summed E-state index contributed by atoms with van der Waals surface area (Å²) in [6, 6.07) is 17.4. The van der Waals surface area contributed by atoms with Crippen LogP contribution in [-0.2, 0) is 4.79 Å². The van der Waals surface area contributed by atoms with Crippen LogP contribution in [-0.4, -0.2) is 30.4 Å². The average Bonchev–Trinajstić information content (AvgIpc) is 3.12. The van der Waals surface area contributed by atoms with Crippen molar-refractivity contribution in [2.75, 3.05) is 24.4 Å². The van der Waals surface area contributed by atoms with Gasteiger partial charge in [0, 0.05) is 16.8 Å². The predicted octanol–water partition coefficient (Wildman–Crippen LogP) is 5.50. The number of thioether (sulfide) groups is 1. The molecule has 3 aromatic carbocycles. The van der Waals surface area contributed by atoms with E-state index in [9.17, 15) is 14.0 Å². The summed E-state index contributed by atoms with van der Waals surface area (Å²) < 4.78 is 24.2. The average molecular weight is 495 g/mol. The molecular formula is C25H19FN2O4S2. The van der Waals surface area contributed by atoms with Gasteiger partial charge in [0.1, 0.15) is 5.82 Å². The number of anilines is 2. The van der Waals surface area contributed by atoms with E-state index >= 15 is 0 Å². The lowest BCUT2D eigenvalue weighted by Crippen LogP contribution is -2.27. The van der Waals surface area contributed by atoms with E-state index < -0.39 is 11.7 Å². The molecule has 34 heavy (non-hydrogen) atoms. The highest BCUT2D eigenvalue weighted by molar-refractivity contribution is 8.27. The van der Waals surface area contributed by atoms with Crippen molar-refractivity contribution in [1.82, 2.24) is 0 Å². The molecule has 0 atom stereocenters. The molecule has 6 nitrogen and oxygen atoms in total. The van der Waals surface area contributed by atoms with Crippen molar-refractivity contribution in [3.8, 4) is 11.5 Å². The zero-order valence-corrected chi connectivity index (χ0v) is 19.8. The largest absolute Gasteiger partial charge is 0.493 e. The first-order chi connectivity index (χ1) is 16.4. The molecule has 0 unspecified atom stereocenters. The van der Waals surface area contributed by atoms with Crippen molar-refractivity contribution in [1.29, 1.82) is 0 Å². The number of benzene rings is 3. The third kappa shape index (κ3) is 4.80. The maximum atomic E-state index is 13.2. The Labute approximate surface area is 205 Å². The third-order valence-corrected chi connectivity index (χ3v) is 6.28. The fourth-order valence-electron chi connectivity index (χ4n) is 3.38. The summed E-state index contributed by atoms with van der Waals surface area (Å²) in [4.78, 5) is 27.7. The van der Waals surface area contributed by atoms with E-state index in [1.54, 1.807) is 49.6 Å². The molecule has 172 valence electrons. The van der Waals surface area contributed by atoms with Crippen molar-refractivity contribution in [3.63, 3.8) is 0 Å². The van der Waals surface area contributed by atoms with Crippen LogP contribution in [0.2, 0.25) is 0 Å². The maximum Gasteiger partial charge on any atom is 0.270 e. The summed E-state index contributed by atoms with van der Waals surface area (Å²) in [6.45, 7) is 0. The Morgan fingerprint density at radius 3 is 2.50 bits per heavy atom. The number of carbonyl (C=O) groups excluding carboxylic acids is 2. The first-order valence-electron chi connectivity index (χ1n) is 10.1. The second kappa shape index (κ2) is 10.1. The van der Waals surface area contributed by atoms with Gasteiger partial charge in [0.15, 0.2) is 15.8 Å². The number of nitrogens with one attached hydrogen (secondary N) is 1. The Kier molecular flexibility index (Phi) is 6.95. The van der Waals surface area contributed by atoms with Crippen LogP contribution in [0.25, 0.3) is 6.08 Å². The number of thiocarbonyl (C=S) groups is 1. The van der Waals surface area contributed by atoms with Gasteiger partial charge in [0.25, 0.3) is 11.8 Å². The fraction of sp³-hybridized carbons (Fsp3) is 0.0800. The van der Waals surface area contributed by atoms with Gasteiger partial charge in [-0.05, 0) is 54.6 Å². The van der Waals surface area contributed by atoms with Crippen LogP contribution in [0.3, 0.4) is 0 Å². The third-order valence-electron chi connectivity index (χ3n) is 4.98. The Hall–Kier alpha value is -3.69. The molecule has 0 aromatic heterocycles. The number of halogens is 1. The normalized spacial score (nSPS) is 14.4. The van der Waals surface area contributed by atoms with Gasteiger partial charge in [-0.3, -0.25) is 14.5 Å². The second-order valence-corrected chi connectivity index (χ2v) is 8.79. The zero-order chi connectivity index (χ0) is 24.2. The van der Waals surface area contributed by atoms with Crippen molar-refractivity contribution >= 4 is 57.6 Å². The van der Waals surface area contributed by atoms with Crippen LogP contribution in [0.15, 0.2) is 71.6 Å². The van der Waals surface area contributed by atoms with E-state index in [4.69, 9.17) is 21.7 Å². The summed E-state index contributed by atoms with van der Waals surface area (Å²) in [5, 5.41) is 2.71. The molecular weight excluding hydrogens is 475 g/mol. The second-order valence-electron chi connectivity index (χ2n) is 7.11.